The highest BCUT2D eigenvalue weighted by molar-refractivity contribution is 7.89. The minimum Gasteiger partial charge on any atom is -0.406 e. The summed E-state index contributed by atoms with van der Waals surface area (Å²) in [5.41, 5.74) is 0. The van der Waals surface area contributed by atoms with Crippen molar-refractivity contribution in [1.29, 1.82) is 0 Å². The van der Waals surface area contributed by atoms with Crippen LogP contribution in [-0.4, -0.2) is 38.3 Å². The standard InChI is InChI=1S/C12H13F3NO4S/c13-12(14,15)20-10-1-3-11(4-2-10)21(18,19)16-7-5-9(17)6-8-16/h1-4,9H,5-8H2. The maximum atomic E-state index is 12.3. The highest BCUT2D eigenvalue weighted by Gasteiger charge is 2.32. The average molecular weight is 324 g/mol. The molecular weight excluding hydrogens is 311 g/mol. The molecule has 0 atom stereocenters. The Hall–Kier alpha value is -1.32. The lowest BCUT2D eigenvalue weighted by Gasteiger charge is -2.27. The predicted octanol–water partition coefficient (Wildman–Crippen LogP) is 2.17. The van der Waals surface area contributed by atoms with Crippen molar-refractivity contribution < 1.29 is 31.4 Å². The first-order valence-corrected chi connectivity index (χ1v) is 7.64. The fourth-order valence-electron chi connectivity index (χ4n) is 2.03. The van der Waals surface area contributed by atoms with Gasteiger partial charge in [-0.2, -0.15) is 4.31 Å². The van der Waals surface area contributed by atoms with Gasteiger partial charge in [-0.3, -0.25) is 0 Å². The van der Waals surface area contributed by atoms with Crippen molar-refractivity contribution in [2.45, 2.75) is 30.2 Å². The molecule has 0 saturated carbocycles. The van der Waals surface area contributed by atoms with Crippen LogP contribution in [0.1, 0.15) is 12.8 Å². The fourth-order valence-corrected chi connectivity index (χ4v) is 3.50. The Morgan fingerprint density at radius 3 is 2.10 bits per heavy atom. The van der Waals surface area contributed by atoms with E-state index in [0.717, 1.165) is 24.3 Å². The molecular formula is C12H13F3NO4S. The zero-order valence-electron chi connectivity index (χ0n) is 10.8. The lowest BCUT2D eigenvalue weighted by atomic mass is 10.1. The molecule has 0 N–H and O–H groups in total. The summed E-state index contributed by atoms with van der Waals surface area (Å²) in [7, 11) is -3.79. The van der Waals surface area contributed by atoms with E-state index in [0.29, 0.717) is 0 Å². The van der Waals surface area contributed by atoms with E-state index in [1.807, 2.05) is 0 Å². The second-order valence-corrected chi connectivity index (χ2v) is 6.56. The summed E-state index contributed by atoms with van der Waals surface area (Å²) >= 11 is 0. The molecule has 1 saturated heterocycles. The second kappa shape index (κ2) is 5.82. The van der Waals surface area contributed by atoms with E-state index >= 15 is 0 Å². The summed E-state index contributed by atoms with van der Waals surface area (Å²) in [6, 6.07) is 4.00. The van der Waals surface area contributed by atoms with Crippen molar-refractivity contribution >= 4 is 10.0 Å². The Kier molecular flexibility index (Phi) is 4.45. The molecule has 2 rings (SSSR count). The molecule has 9 heteroatoms. The van der Waals surface area contributed by atoms with Crippen LogP contribution in [0.3, 0.4) is 0 Å². The fraction of sp³-hybridized carbons (Fsp3) is 0.500. The number of sulfonamides is 1. The molecule has 1 aliphatic rings. The van der Waals surface area contributed by atoms with Gasteiger partial charge in [0.05, 0.1) is 11.0 Å². The van der Waals surface area contributed by atoms with Crippen molar-refractivity contribution in [3.05, 3.63) is 24.3 Å². The van der Waals surface area contributed by atoms with Crippen LogP contribution in [0.4, 0.5) is 13.2 Å². The monoisotopic (exact) mass is 324 g/mol. The minimum absolute atomic E-state index is 0.122. The molecule has 1 aliphatic heterocycles. The van der Waals surface area contributed by atoms with Crippen LogP contribution in [0.25, 0.3) is 0 Å². The molecule has 117 valence electrons. The van der Waals surface area contributed by atoms with Crippen LogP contribution in [0.15, 0.2) is 29.2 Å². The highest BCUT2D eigenvalue weighted by atomic mass is 32.2. The van der Waals surface area contributed by atoms with Crippen LogP contribution in [0.2, 0.25) is 0 Å². The number of alkyl halides is 3. The van der Waals surface area contributed by atoms with Gasteiger partial charge in [-0.25, -0.2) is 13.5 Å². The van der Waals surface area contributed by atoms with E-state index in [1.165, 1.54) is 4.31 Å². The van der Waals surface area contributed by atoms with Gasteiger partial charge >= 0.3 is 6.36 Å². The lowest BCUT2D eigenvalue weighted by molar-refractivity contribution is -0.274. The summed E-state index contributed by atoms with van der Waals surface area (Å²) in [5, 5.41) is 11.2. The third kappa shape index (κ3) is 4.08. The third-order valence-electron chi connectivity index (χ3n) is 3.10. The Labute approximate surface area is 120 Å². The van der Waals surface area contributed by atoms with E-state index in [4.69, 9.17) is 0 Å². The summed E-state index contributed by atoms with van der Waals surface area (Å²) < 4.78 is 65.4. The number of halogens is 3. The summed E-state index contributed by atoms with van der Waals surface area (Å²) in [6.07, 6.45) is -5.13. The molecule has 5 nitrogen and oxygen atoms in total. The molecule has 0 bridgehead atoms. The molecule has 1 aromatic carbocycles. The summed E-state index contributed by atoms with van der Waals surface area (Å²) in [5.74, 6) is -0.486. The number of rotatable bonds is 3. The van der Waals surface area contributed by atoms with Gasteiger partial charge < -0.3 is 4.74 Å². The van der Waals surface area contributed by atoms with Gasteiger partial charge in [0.2, 0.25) is 10.0 Å². The molecule has 0 spiro atoms. The lowest BCUT2D eigenvalue weighted by Crippen LogP contribution is -2.39. The SMILES string of the molecule is [O]C1CCN(S(=O)(=O)c2ccc(OC(F)(F)F)cc2)CC1. The first-order chi connectivity index (χ1) is 9.68. The normalized spacial score (nSPS) is 18.7. The van der Waals surface area contributed by atoms with Crippen LogP contribution >= 0.6 is 0 Å². The molecule has 1 radical (unpaired) electrons. The van der Waals surface area contributed by atoms with Crippen molar-refractivity contribution in [1.82, 2.24) is 4.31 Å². The van der Waals surface area contributed by atoms with Crippen LogP contribution < -0.4 is 4.74 Å². The van der Waals surface area contributed by atoms with Gasteiger partial charge in [0.1, 0.15) is 5.75 Å². The van der Waals surface area contributed by atoms with Gasteiger partial charge in [-0.1, -0.05) is 0 Å². The summed E-state index contributed by atoms with van der Waals surface area (Å²) in [6.45, 7) is 0.245. The number of benzene rings is 1. The Morgan fingerprint density at radius 1 is 1.10 bits per heavy atom. The van der Waals surface area contributed by atoms with E-state index in [9.17, 15) is 26.7 Å². The zero-order chi connectivity index (χ0) is 15.7. The quantitative estimate of drug-likeness (QED) is 0.856. The zero-order valence-corrected chi connectivity index (χ0v) is 11.7. The van der Waals surface area contributed by atoms with Crippen molar-refractivity contribution in [2.75, 3.05) is 13.1 Å². The number of nitrogens with zero attached hydrogens (tertiary/aromatic N) is 1. The van der Waals surface area contributed by atoms with Gasteiger partial charge in [0.25, 0.3) is 0 Å². The number of hydrogen-bond donors (Lipinski definition) is 0. The number of ether oxygens (including phenoxy) is 1. The third-order valence-corrected chi connectivity index (χ3v) is 5.01. The predicted molar refractivity (Wildman–Crippen MR) is 65.6 cm³/mol. The first-order valence-electron chi connectivity index (χ1n) is 6.20. The van der Waals surface area contributed by atoms with Gasteiger partial charge in [-0.05, 0) is 37.1 Å². The van der Waals surface area contributed by atoms with Crippen molar-refractivity contribution in [2.24, 2.45) is 0 Å². The maximum absolute atomic E-state index is 12.3. The molecule has 1 fully saturated rings. The largest absolute Gasteiger partial charge is 0.573 e. The maximum Gasteiger partial charge on any atom is 0.573 e. The number of piperidine rings is 1. The molecule has 0 aromatic heterocycles. The van der Waals surface area contributed by atoms with E-state index < -0.39 is 28.2 Å². The Balaban J connectivity index is 2.14. The van der Waals surface area contributed by atoms with Gasteiger partial charge in [-0.15, -0.1) is 13.2 Å². The molecule has 0 unspecified atom stereocenters. The Bertz CT molecular complexity index is 578. The van der Waals surface area contributed by atoms with Gasteiger partial charge in [0, 0.05) is 13.1 Å². The smallest absolute Gasteiger partial charge is 0.406 e. The van der Waals surface area contributed by atoms with Crippen LogP contribution in [0, 0.1) is 0 Å². The number of hydrogen-bond acceptors (Lipinski definition) is 3. The average Bonchev–Trinajstić information content (AvgIpc) is 2.38. The van der Waals surface area contributed by atoms with E-state index in [2.05, 4.69) is 4.74 Å². The minimum atomic E-state index is -4.82. The molecule has 0 aliphatic carbocycles. The molecule has 0 amide bonds. The summed E-state index contributed by atoms with van der Waals surface area (Å²) in [4.78, 5) is -0.124. The van der Waals surface area contributed by atoms with Crippen molar-refractivity contribution in [3.8, 4) is 5.75 Å². The highest BCUT2D eigenvalue weighted by Crippen LogP contribution is 2.26. The molecule has 21 heavy (non-hydrogen) atoms. The molecule has 1 aromatic rings. The van der Waals surface area contributed by atoms with Crippen molar-refractivity contribution in [3.63, 3.8) is 0 Å². The second-order valence-electron chi connectivity index (χ2n) is 4.62. The Morgan fingerprint density at radius 2 is 1.62 bits per heavy atom. The topological polar surface area (TPSA) is 66.5 Å². The van der Waals surface area contributed by atoms with E-state index in [-0.39, 0.29) is 30.8 Å². The molecule has 1 heterocycles. The van der Waals surface area contributed by atoms with Gasteiger partial charge in [0.15, 0.2) is 0 Å². The first kappa shape index (κ1) is 16.1. The van der Waals surface area contributed by atoms with Crippen LogP contribution in [-0.2, 0) is 15.1 Å². The van der Waals surface area contributed by atoms with E-state index in [1.54, 1.807) is 0 Å². The van der Waals surface area contributed by atoms with Crippen LogP contribution in [0.5, 0.6) is 5.75 Å².